The number of ether oxygens (including phenoxy) is 3. The molecule has 9 heteroatoms. The van der Waals surface area contributed by atoms with Gasteiger partial charge in [0, 0.05) is 0 Å². The molecule has 2 aromatic carbocycles. The fourth-order valence-electron chi connectivity index (χ4n) is 3.41. The summed E-state index contributed by atoms with van der Waals surface area (Å²) < 4.78 is 30.0. The summed E-state index contributed by atoms with van der Waals surface area (Å²) in [6.45, 7) is 0.915. The average molecular weight is 436 g/mol. The number of aromatic nitrogens is 1. The Morgan fingerprint density at radius 1 is 1.22 bits per heavy atom. The van der Waals surface area contributed by atoms with Crippen LogP contribution in [-0.2, 0) is 6.54 Å². The molecule has 1 aliphatic heterocycles. The maximum absolute atomic E-state index is 13.0. The monoisotopic (exact) mass is 436 g/mol. The van der Waals surface area contributed by atoms with Crippen LogP contribution in [0.2, 0.25) is 0 Å². The fourth-order valence-corrected chi connectivity index (χ4v) is 3.41. The topological polar surface area (TPSA) is 111 Å². The van der Waals surface area contributed by atoms with Gasteiger partial charge in [0.25, 0.3) is 5.56 Å². The maximum atomic E-state index is 13.0. The summed E-state index contributed by atoms with van der Waals surface area (Å²) in [4.78, 5) is 25.7. The molecule has 0 bridgehead atoms. The molecule has 0 unspecified atom stereocenters. The third kappa shape index (κ3) is 3.86. The predicted octanol–water partition coefficient (Wildman–Crippen LogP) is 2.91. The van der Waals surface area contributed by atoms with E-state index in [1.165, 1.54) is 31.2 Å². The van der Waals surface area contributed by atoms with E-state index in [-0.39, 0.29) is 35.8 Å². The zero-order valence-electron chi connectivity index (χ0n) is 16.9. The number of nitriles is 1. The number of nitrogens with zero attached hydrogens (tertiary/aromatic N) is 2. The lowest BCUT2D eigenvalue weighted by Gasteiger charge is -2.16. The van der Waals surface area contributed by atoms with E-state index in [1.807, 2.05) is 6.07 Å². The molecule has 0 saturated carbocycles. The van der Waals surface area contributed by atoms with E-state index < -0.39 is 29.6 Å². The lowest BCUT2D eigenvalue weighted by Crippen LogP contribution is -2.28. The summed E-state index contributed by atoms with van der Waals surface area (Å²) in [6, 6.07) is 11.9. The Morgan fingerprint density at radius 2 is 1.94 bits per heavy atom. The van der Waals surface area contributed by atoms with Gasteiger partial charge in [-0.25, -0.2) is 4.39 Å². The van der Waals surface area contributed by atoms with Crippen molar-refractivity contribution in [3.05, 3.63) is 80.9 Å². The van der Waals surface area contributed by atoms with Gasteiger partial charge in [-0.15, -0.1) is 0 Å². The number of carbonyl (C=O) groups is 1. The number of ketones is 1. The normalized spacial score (nSPS) is 11.8. The molecule has 8 nitrogen and oxygen atoms in total. The number of hydrogen-bond acceptors (Lipinski definition) is 7. The summed E-state index contributed by atoms with van der Waals surface area (Å²) in [5, 5.41) is 20.3. The standard InChI is InChI=1S/C23H17FN2O6/c1-13-17(9-25)22(28)26(10-14-2-7-19-20(8-14)32-12-31-19)23(29)21(13)18(27)11-30-16-5-3-15(24)4-6-16/h2-8,29H,10-12H2,1H3. The molecule has 1 aliphatic rings. The first-order valence-electron chi connectivity index (χ1n) is 9.55. The Hall–Kier alpha value is -4.32. The highest BCUT2D eigenvalue weighted by Crippen LogP contribution is 2.33. The second kappa shape index (κ2) is 8.43. The molecule has 0 saturated heterocycles. The Labute approximate surface area is 181 Å². The molecule has 1 N–H and O–H groups in total. The lowest BCUT2D eigenvalue weighted by molar-refractivity contribution is 0.0916. The van der Waals surface area contributed by atoms with Crippen LogP contribution in [0.1, 0.15) is 27.0 Å². The van der Waals surface area contributed by atoms with Gasteiger partial charge in [0.1, 0.15) is 23.2 Å². The lowest BCUT2D eigenvalue weighted by atomic mass is 10.0. The minimum atomic E-state index is -0.726. The number of rotatable bonds is 6. The number of hydrogen-bond donors (Lipinski definition) is 1. The fraction of sp³-hybridized carbons (Fsp3) is 0.174. The Kier molecular flexibility index (Phi) is 5.52. The largest absolute Gasteiger partial charge is 0.494 e. The number of fused-ring (bicyclic) bond motifs is 1. The molecule has 0 radical (unpaired) electrons. The van der Waals surface area contributed by atoms with Gasteiger partial charge in [-0.3, -0.25) is 14.2 Å². The van der Waals surface area contributed by atoms with Crippen LogP contribution in [0.4, 0.5) is 4.39 Å². The second-order valence-corrected chi connectivity index (χ2v) is 7.06. The average Bonchev–Trinajstić information content (AvgIpc) is 3.24. The maximum Gasteiger partial charge on any atom is 0.271 e. The van der Waals surface area contributed by atoms with Gasteiger partial charge in [-0.2, -0.15) is 5.26 Å². The first kappa shape index (κ1) is 20.9. The van der Waals surface area contributed by atoms with Crippen molar-refractivity contribution in [3.8, 4) is 29.2 Å². The van der Waals surface area contributed by atoms with Gasteiger partial charge in [0.15, 0.2) is 18.1 Å². The van der Waals surface area contributed by atoms with Crippen molar-refractivity contribution in [1.82, 2.24) is 4.57 Å². The molecule has 0 aliphatic carbocycles. The molecule has 3 aromatic rings. The molecule has 0 amide bonds. The van der Waals surface area contributed by atoms with Crippen LogP contribution >= 0.6 is 0 Å². The molecule has 32 heavy (non-hydrogen) atoms. The Bertz CT molecular complexity index is 1310. The van der Waals surface area contributed by atoms with Crippen LogP contribution in [0.3, 0.4) is 0 Å². The first-order chi connectivity index (χ1) is 15.4. The molecule has 0 spiro atoms. The van der Waals surface area contributed by atoms with Crippen molar-refractivity contribution in [2.45, 2.75) is 13.5 Å². The summed E-state index contributed by atoms with van der Waals surface area (Å²) in [7, 11) is 0. The first-order valence-corrected chi connectivity index (χ1v) is 9.55. The summed E-state index contributed by atoms with van der Waals surface area (Å²) in [5.41, 5.74) is -0.515. The van der Waals surface area contributed by atoms with E-state index in [2.05, 4.69) is 0 Å². The van der Waals surface area contributed by atoms with E-state index in [4.69, 9.17) is 14.2 Å². The number of aromatic hydroxyl groups is 1. The number of pyridine rings is 1. The summed E-state index contributed by atoms with van der Waals surface area (Å²) in [5.74, 6) is -0.359. The highest BCUT2D eigenvalue weighted by atomic mass is 19.1. The molecule has 0 atom stereocenters. The van der Waals surface area contributed by atoms with Gasteiger partial charge >= 0.3 is 0 Å². The quantitative estimate of drug-likeness (QED) is 0.592. The summed E-state index contributed by atoms with van der Waals surface area (Å²) >= 11 is 0. The highest BCUT2D eigenvalue weighted by Gasteiger charge is 2.25. The zero-order chi connectivity index (χ0) is 22.8. The molecule has 162 valence electrons. The zero-order valence-corrected chi connectivity index (χ0v) is 16.9. The van der Waals surface area contributed by atoms with Gasteiger partial charge in [0.05, 0.1) is 12.1 Å². The molecule has 2 heterocycles. The minimum absolute atomic E-state index is 0.0599. The number of Topliss-reactive ketones (excluding diaryl/α,β-unsaturated/α-hetero) is 1. The molecule has 0 fully saturated rings. The van der Waals surface area contributed by atoms with E-state index >= 15 is 0 Å². The van der Waals surface area contributed by atoms with E-state index in [1.54, 1.807) is 18.2 Å². The second-order valence-electron chi connectivity index (χ2n) is 7.06. The molecule has 1 aromatic heterocycles. The van der Waals surface area contributed by atoms with Crippen LogP contribution < -0.4 is 19.8 Å². The van der Waals surface area contributed by atoms with Crippen LogP contribution in [0.25, 0.3) is 0 Å². The molecular formula is C23H17FN2O6. The van der Waals surface area contributed by atoms with E-state index in [9.17, 15) is 24.3 Å². The number of benzene rings is 2. The van der Waals surface area contributed by atoms with Gasteiger partial charge in [-0.1, -0.05) is 6.07 Å². The summed E-state index contributed by atoms with van der Waals surface area (Å²) in [6.07, 6.45) is 0. The Balaban J connectivity index is 1.68. The van der Waals surface area contributed by atoms with Crippen molar-refractivity contribution >= 4 is 5.78 Å². The van der Waals surface area contributed by atoms with Crippen molar-refractivity contribution < 1.29 is 28.5 Å². The van der Waals surface area contributed by atoms with Crippen molar-refractivity contribution in [2.24, 2.45) is 0 Å². The van der Waals surface area contributed by atoms with Crippen molar-refractivity contribution in [1.29, 1.82) is 5.26 Å². The predicted molar refractivity (Wildman–Crippen MR) is 110 cm³/mol. The van der Waals surface area contributed by atoms with Gasteiger partial charge in [0.2, 0.25) is 18.5 Å². The third-order valence-electron chi connectivity index (χ3n) is 5.04. The van der Waals surface area contributed by atoms with Gasteiger partial charge in [-0.05, 0) is 54.4 Å². The molecule has 4 rings (SSSR count). The van der Waals surface area contributed by atoms with Crippen molar-refractivity contribution in [2.75, 3.05) is 13.4 Å². The van der Waals surface area contributed by atoms with E-state index in [0.29, 0.717) is 17.1 Å². The minimum Gasteiger partial charge on any atom is -0.494 e. The van der Waals surface area contributed by atoms with E-state index in [0.717, 1.165) is 4.57 Å². The highest BCUT2D eigenvalue weighted by molar-refractivity contribution is 6.01. The smallest absolute Gasteiger partial charge is 0.271 e. The van der Waals surface area contributed by atoms with Crippen LogP contribution in [0, 0.1) is 24.1 Å². The SMILES string of the molecule is Cc1c(C(=O)COc2ccc(F)cc2)c(O)n(Cc2ccc3c(c2)OCO3)c(=O)c1C#N. The third-order valence-corrected chi connectivity index (χ3v) is 5.04. The Morgan fingerprint density at radius 3 is 2.66 bits per heavy atom. The van der Waals surface area contributed by atoms with Crippen molar-refractivity contribution in [3.63, 3.8) is 0 Å². The molecular weight excluding hydrogens is 419 g/mol. The van der Waals surface area contributed by atoms with Crippen LogP contribution in [0.5, 0.6) is 23.1 Å². The number of halogens is 1. The van der Waals surface area contributed by atoms with Gasteiger partial charge < -0.3 is 19.3 Å². The van der Waals surface area contributed by atoms with Crippen LogP contribution in [-0.4, -0.2) is 28.9 Å². The van der Waals surface area contributed by atoms with Crippen LogP contribution in [0.15, 0.2) is 47.3 Å². The number of carbonyl (C=O) groups excluding carboxylic acids is 1.